The van der Waals surface area contributed by atoms with Crippen molar-refractivity contribution in [3.8, 4) is 5.75 Å². The summed E-state index contributed by atoms with van der Waals surface area (Å²) in [5.74, 6) is -1.03. The van der Waals surface area contributed by atoms with Gasteiger partial charge in [0.25, 0.3) is 0 Å². The van der Waals surface area contributed by atoms with Gasteiger partial charge < -0.3 is 4.74 Å². The van der Waals surface area contributed by atoms with Gasteiger partial charge in [0, 0.05) is 10.7 Å². The molecule has 0 aliphatic rings. The standard InChI is InChI=1S/C8H6ClF3O3S/c9-16(13,14)5-6-2-1-3-7(4-6)15-8(10,11)12/h1-4H,5H2. The Hall–Kier alpha value is -0.950. The molecule has 1 aromatic rings. The third-order valence-electron chi connectivity index (χ3n) is 1.47. The first-order chi connectivity index (χ1) is 7.16. The lowest BCUT2D eigenvalue weighted by molar-refractivity contribution is -0.274. The average Bonchev–Trinajstić information content (AvgIpc) is 1.96. The predicted molar refractivity (Wildman–Crippen MR) is 51.6 cm³/mol. The first kappa shape index (κ1) is 13.1. The van der Waals surface area contributed by atoms with Crippen LogP contribution in [0.2, 0.25) is 0 Å². The Morgan fingerprint density at radius 1 is 1.31 bits per heavy atom. The van der Waals surface area contributed by atoms with Crippen molar-refractivity contribution in [3.05, 3.63) is 29.8 Å². The SMILES string of the molecule is O=S(=O)(Cl)Cc1cccc(OC(F)(F)F)c1. The molecule has 90 valence electrons. The van der Waals surface area contributed by atoms with Crippen molar-refractivity contribution >= 4 is 19.7 Å². The van der Waals surface area contributed by atoms with E-state index in [0.29, 0.717) is 0 Å². The molecule has 0 aromatic heterocycles. The lowest BCUT2D eigenvalue weighted by atomic mass is 10.2. The zero-order valence-corrected chi connectivity index (χ0v) is 9.23. The van der Waals surface area contributed by atoms with Crippen LogP contribution in [0.1, 0.15) is 5.56 Å². The first-order valence-corrected chi connectivity index (χ1v) is 6.40. The van der Waals surface area contributed by atoms with Gasteiger partial charge in [0.15, 0.2) is 0 Å². The van der Waals surface area contributed by atoms with E-state index in [4.69, 9.17) is 10.7 Å². The summed E-state index contributed by atoms with van der Waals surface area (Å²) in [6, 6.07) is 4.62. The lowest BCUT2D eigenvalue weighted by Crippen LogP contribution is -2.17. The van der Waals surface area contributed by atoms with Gasteiger partial charge in [-0.25, -0.2) is 8.42 Å². The molecule has 0 heterocycles. The molecule has 0 bridgehead atoms. The second-order valence-corrected chi connectivity index (χ2v) is 5.66. The number of hydrogen-bond donors (Lipinski definition) is 0. The van der Waals surface area contributed by atoms with E-state index < -0.39 is 26.9 Å². The van der Waals surface area contributed by atoms with Crippen LogP contribution < -0.4 is 4.74 Å². The van der Waals surface area contributed by atoms with E-state index in [-0.39, 0.29) is 5.56 Å². The zero-order chi connectivity index (χ0) is 12.4. The maximum absolute atomic E-state index is 11.8. The second kappa shape index (κ2) is 4.50. The lowest BCUT2D eigenvalue weighted by Gasteiger charge is -2.09. The van der Waals surface area contributed by atoms with E-state index in [1.54, 1.807) is 0 Å². The minimum atomic E-state index is -4.81. The fraction of sp³-hybridized carbons (Fsp3) is 0.250. The van der Waals surface area contributed by atoms with Crippen LogP contribution in [0.4, 0.5) is 13.2 Å². The summed E-state index contributed by atoms with van der Waals surface area (Å²) in [5, 5.41) is 0. The van der Waals surface area contributed by atoms with Gasteiger partial charge in [0.1, 0.15) is 5.75 Å². The first-order valence-electron chi connectivity index (χ1n) is 3.93. The van der Waals surface area contributed by atoms with E-state index in [1.165, 1.54) is 12.1 Å². The van der Waals surface area contributed by atoms with Gasteiger partial charge in [-0.15, -0.1) is 13.2 Å². The predicted octanol–water partition coefficient (Wildman–Crippen LogP) is 2.65. The van der Waals surface area contributed by atoms with Crippen molar-refractivity contribution in [3.63, 3.8) is 0 Å². The number of ether oxygens (including phenoxy) is 1. The minimum absolute atomic E-state index is 0.122. The number of hydrogen-bond acceptors (Lipinski definition) is 3. The summed E-state index contributed by atoms with van der Waals surface area (Å²) in [6.07, 6.45) is -4.81. The summed E-state index contributed by atoms with van der Waals surface area (Å²) >= 11 is 0. The number of rotatable bonds is 3. The molecule has 0 spiro atoms. The third-order valence-corrected chi connectivity index (χ3v) is 2.48. The minimum Gasteiger partial charge on any atom is -0.406 e. The van der Waals surface area contributed by atoms with Crippen molar-refractivity contribution in [2.24, 2.45) is 0 Å². The molecule has 0 fully saturated rings. The maximum Gasteiger partial charge on any atom is 0.573 e. The maximum atomic E-state index is 11.8. The third kappa shape index (κ3) is 5.22. The monoisotopic (exact) mass is 274 g/mol. The van der Waals surface area contributed by atoms with Crippen molar-refractivity contribution < 1.29 is 26.3 Å². The molecule has 1 rings (SSSR count). The molecule has 0 atom stereocenters. The molecule has 3 nitrogen and oxygen atoms in total. The molecule has 0 N–H and O–H groups in total. The zero-order valence-electron chi connectivity index (χ0n) is 7.66. The smallest absolute Gasteiger partial charge is 0.406 e. The molecule has 0 unspecified atom stereocenters. The van der Waals surface area contributed by atoms with Crippen LogP contribution in [0, 0.1) is 0 Å². The van der Waals surface area contributed by atoms with Gasteiger partial charge >= 0.3 is 6.36 Å². The van der Waals surface area contributed by atoms with Crippen molar-refractivity contribution in [1.82, 2.24) is 0 Å². The fourth-order valence-corrected chi connectivity index (χ4v) is 1.99. The number of benzene rings is 1. The van der Waals surface area contributed by atoms with Gasteiger partial charge in [-0.3, -0.25) is 0 Å². The molecular formula is C8H6ClF3O3S. The normalized spacial score (nSPS) is 12.5. The molecule has 16 heavy (non-hydrogen) atoms. The molecular weight excluding hydrogens is 269 g/mol. The van der Waals surface area contributed by atoms with Crippen LogP contribution in [-0.2, 0) is 14.8 Å². The Kier molecular flexibility index (Phi) is 3.69. The Bertz CT molecular complexity index is 470. The van der Waals surface area contributed by atoms with Gasteiger partial charge in [-0.2, -0.15) is 0 Å². The summed E-state index contributed by atoms with van der Waals surface area (Å²) in [5.41, 5.74) is 0.122. The molecule has 0 amide bonds. The van der Waals surface area contributed by atoms with Crippen LogP contribution in [0.3, 0.4) is 0 Å². The topological polar surface area (TPSA) is 43.4 Å². The van der Waals surface area contributed by atoms with Crippen LogP contribution in [0.15, 0.2) is 24.3 Å². The van der Waals surface area contributed by atoms with Crippen molar-refractivity contribution in [2.75, 3.05) is 0 Å². The molecule has 0 saturated heterocycles. The molecule has 8 heteroatoms. The Balaban J connectivity index is 2.88. The summed E-state index contributed by atoms with van der Waals surface area (Å²) in [6.45, 7) is 0. The molecule has 0 aliphatic carbocycles. The van der Waals surface area contributed by atoms with Crippen LogP contribution >= 0.6 is 10.7 Å². The Morgan fingerprint density at radius 2 is 1.94 bits per heavy atom. The number of alkyl halides is 3. The Labute approximate surface area is 94.2 Å². The van der Waals surface area contributed by atoms with Crippen LogP contribution in [0.25, 0.3) is 0 Å². The highest BCUT2D eigenvalue weighted by molar-refractivity contribution is 8.13. The fourth-order valence-electron chi connectivity index (χ4n) is 1.03. The van der Waals surface area contributed by atoms with Gasteiger partial charge in [-0.1, -0.05) is 12.1 Å². The largest absolute Gasteiger partial charge is 0.573 e. The highest BCUT2D eigenvalue weighted by atomic mass is 35.7. The van der Waals surface area contributed by atoms with Gasteiger partial charge in [0.05, 0.1) is 5.75 Å². The second-order valence-electron chi connectivity index (χ2n) is 2.88. The molecule has 0 aliphatic heterocycles. The molecule has 1 aromatic carbocycles. The Morgan fingerprint density at radius 3 is 2.44 bits per heavy atom. The summed E-state index contributed by atoms with van der Waals surface area (Å²) in [7, 11) is 1.16. The van der Waals surface area contributed by atoms with E-state index >= 15 is 0 Å². The van der Waals surface area contributed by atoms with E-state index in [1.807, 2.05) is 0 Å². The van der Waals surface area contributed by atoms with Crippen LogP contribution in [-0.4, -0.2) is 14.8 Å². The van der Waals surface area contributed by atoms with Crippen LogP contribution in [0.5, 0.6) is 5.75 Å². The highest BCUT2D eigenvalue weighted by Gasteiger charge is 2.31. The van der Waals surface area contributed by atoms with Gasteiger partial charge in [0.2, 0.25) is 9.05 Å². The average molecular weight is 275 g/mol. The quantitative estimate of drug-likeness (QED) is 0.796. The van der Waals surface area contributed by atoms with Crippen molar-refractivity contribution in [1.29, 1.82) is 0 Å². The molecule has 0 radical (unpaired) electrons. The van der Waals surface area contributed by atoms with E-state index in [0.717, 1.165) is 12.1 Å². The van der Waals surface area contributed by atoms with Gasteiger partial charge in [-0.05, 0) is 17.7 Å². The van der Waals surface area contributed by atoms with Crippen molar-refractivity contribution in [2.45, 2.75) is 12.1 Å². The molecule has 0 saturated carbocycles. The highest BCUT2D eigenvalue weighted by Crippen LogP contribution is 2.24. The van der Waals surface area contributed by atoms with E-state index in [2.05, 4.69) is 4.74 Å². The summed E-state index contributed by atoms with van der Waals surface area (Å²) < 4.78 is 60.6. The number of halogens is 4. The van der Waals surface area contributed by atoms with E-state index in [9.17, 15) is 21.6 Å². The summed E-state index contributed by atoms with van der Waals surface area (Å²) in [4.78, 5) is 0.